The molecule has 42 valence electrons. The molecule has 0 fully saturated rings. The highest BCUT2D eigenvalue weighted by atomic mass is 31.1. The Morgan fingerprint density at radius 3 is 1.88 bits per heavy atom. The summed E-state index contributed by atoms with van der Waals surface area (Å²) in [4.78, 5) is 0. The summed E-state index contributed by atoms with van der Waals surface area (Å²) >= 11 is 0. The van der Waals surface area contributed by atoms with Crippen LogP contribution in [0.15, 0.2) is 0 Å². The zero-order valence-corrected chi connectivity index (χ0v) is 4.62. The van der Waals surface area contributed by atoms with E-state index in [4.69, 9.17) is 10.0 Å². The van der Waals surface area contributed by atoms with Gasteiger partial charge in [-0.25, -0.2) is 0 Å². The van der Waals surface area contributed by atoms with E-state index in [0.717, 1.165) is 0 Å². The molecule has 0 amide bonds. The molecule has 0 spiro atoms. The van der Waals surface area contributed by atoms with E-state index in [1.807, 2.05) is 0 Å². The maximum Gasteiger partial charge on any atom is 0.669 e. The summed E-state index contributed by atoms with van der Waals surface area (Å²) in [7, 11) is -2.02. The van der Waals surface area contributed by atoms with Gasteiger partial charge in [-0.1, -0.05) is 0 Å². The Bertz CT molecular complexity index is 64.8. The van der Waals surface area contributed by atoms with E-state index in [9.17, 15) is 4.57 Å². The molecule has 0 aromatic rings. The molecular formula is H2B2O5P+. The zero-order chi connectivity index (χ0) is 6.41. The molecule has 0 aliphatic heterocycles. The smallest absolute Gasteiger partial charge is 0.426 e. The van der Waals surface area contributed by atoms with Crippen molar-refractivity contribution in [1.29, 1.82) is 0 Å². The number of hydrogen-bond acceptors (Lipinski definition) is 5. The molecule has 2 N–H and O–H groups in total. The summed E-state index contributed by atoms with van der Waals surface area (Å²) in [5, 5.41) is 15.5. The van der Waals surface area contributed by atoms with E-state index in [2.05, 4.69) is 8.88 Å². The van der Waals surface area contributed by atoms with Gasteiger partial charge in [0, 0.05) is 4.57 Å². The van der Waals surface area contributed by atoms with Gasteiger partial charge < -0.3 is 10.0 Å². The Balaban J connectivity index is 3.06. The molecule has 0 bridgehead atoms. The van der Waals surface area contributed by atoms with Crippen LogP contribution in [0.3, 0.4) is 0 Å². The van der Waals surface area contributed by atoms with E-state index < -0.39 is 8.25 Å². The van der Waals surface area contributed by atoms with Gasteiger partial charge >= 0.3 is 23.6 Å². The van der Waals surface area contributed by atoms with Gasteiger partial charge in [0.1, 0.15) is 0 Å². The topological polar surface area (TPSA) is 76.0 Å². The van der Waals surface area contributed by atoms with Crippen molar-refractivity contribution in [2.24, 2.45) is 0 Å². The van der Waals surface area contributed by atoms with Gasteiger partial charge in [0.2, 0.25) is 0 Å². The normalized spacial score (nSPS) is 8.25. The van der Waals surface area contributed by atoms with Crippen LogP contribution in [0, 0.1) is 0 Å². The quantitative estimate of drug-likeness (QED) is 0.371. The standard InChI is InChI=1S/B2H2O5P/c3-1-6-8(5)7-2-4/h3-4H/q+1. The van der Waals surface area contributed by atoms with E-state index in [1.54, 1.807) is 0 Å². The van der Waals surface area contributed by atoms with E-state index >= 15 is 0 Å². The average Bonchev–Trinajstić information content (AvgIpc) is 1.68. The van der Waals surface area contributed by atoms with E-state index in [-0.39, 0.29) is 15.4 Å². The van der Waals surface area contributed by atoms with Gasteiger partial charge in [-0.3, -0.25) is 0 Å². The average molecular weight is 135 g/mol. The minimum absolute atomic E-state index is 0.211. The first-order valence-electron chi connectivity index (χ1n) is 1.54. The predicted molar refractivity (Wildman–Crippen MR) is 25.7 cm³/mol. The molecule has 0 saturated heterocycles. The minimum atomic E-state index is -2.44. The molecular weight excluding hydrogens is 133 g/mol. The summed E-state index contributed by atoms with van der Waals surface area (Å²) in [6.45, 7) is 0. The van der Waals surface area contributed by atoms with Gasteiger partial charge in [-0.15, -0.1) is 0 Å². The number of hydrogen-bond donors (Lipinski definition) is 2. The molecule has 8 heavy (non-hydrogen) atoms. The zero-order valence-electron chi connectivity index (χ0n) is 3.72. The van der Waals surface area contributed by atoms with Crippen molar-refractivity contribution in [1.82, 2.24) is 0 Å². The van der Waals surface area contributed by atoms with Crippen LogP contribution in [0.1, 0.15) is 0 Å². The predicted octanol–water partition coefficient (Wildman–Crippen LogP) is -1.27. The summed E-state index contributed by atoms with van der Waals surface area (Å²) in [5.74, 6) is 0. The van der Waals surface area contributed by atoms with E-state index in [1.165, 1.54) is 0 Å². The Morgan fingerprint density at radius 2 is 1.62 bits per heavy atom. The maximum absolute atomic E-state index is 9.96. The lowest BCUT2D eigenvalue weighted by Gasteiger charge is -1.74. The lowest BCUT2D eigenvalue weighted by molar-refractivity contribution is 0.372. The first-order valence-corrected chi connectivity index (χ1v) is 2.63. The van der Waals surface area contributed by atoms with Crippen molar-refractivity contribution in [2.75, 3.05) is 0 Å². The van der Waals surface area contributed by atoms with Crippen LogP contribution in [0.5, 0.6) is 0 Å². The van der Waals surface area contributed by atoms with Crippen molar-refractivity contribution >= 4 is 23.6 Å². The Morgan fingerprint density at radius 1 is 1.25 bits per heavy atom. The number of rotatable bonds is 4. The van der Waals surface area contributed by atoms with Gasteiger partial charge in [0.15, 0.2) is 0 Å². The lowest BCUT2D eigenvalue weighted by Crippen LogP contribution is -1.93. The van der Waals surface area contributed by atoms with Gasteiger partial charge in [-0.2, -0.15) is 8.88 Å². The summed E-state index contributed by atoms with van der Waals surface area (Å²) < 4.78 is 17.6. The molecule has 0 aromatic heterocycles. The van der Waals surface area contributed by atoms with Crippen molar-refractivity contribution in [3.05, 3.63) is 0 Å². The van der Waals surface area contributed by atoms with Crippen molar-refractivity contribution in [2.45, 2.75) is 0 Å². The molecule has 8 heteroatoms. The highest BCUT2D eigenvalue weighted by Gasteiger charge is 2.19. The highest BCUT2D eigenvalue weighted by molar-refractivity contribution is 7.35. The highest BCUT2D eigenvalue weighted by Crippen LogP contribution is 2.19. The van der Waals surface area contributed by atoms with Crippen LogP contribution in [-0.2, 0) is 13.4 Å². The van der Waals surface area contributed by atoms with Crippen LogP contribution in [0.25, 0.3) is 0 Å². The van der Waals surface area contributed by atoms with E-state index in [0.29, 0.717) is 0 Å². The van der Waals surface area contributed by atoms with Crippen LogP contribution < -0.4 is 0 Å². The molecule has 0 unspecified atom stereocenters. The second-order valence-corrected chi connectivity index (χ2v) is 1.51. The third-order valence-electron chi connectivity index (χ3n) is 0.266. The van der Waals surface area contributed by atoms with Gasteiger partial charge in [0.25, 0.3) is 0 Å². The Hall–Kier alpha value is 0.0699. The third-order valence-corrected chi connectivity index (χ3v) is 0.799. The third kappa shape index (κ3) is 4.23. The molecule has 0 atom stereocenters. The van der Waals surface area contributed by atoms with Crippen molar-refractivity contribution < 1.29 is 23.5 Å². The van der Waals surface area contributed by atoms with Crippen LogP contribution in [0.2, 0.25) is 0 Å². The largest absolute Gasteiger partial charge is 0.669 e. The fraction of sp³-hybridized carbons (Fsp3) is 0. The molecule has 0 aliphatic carbocycles. The molecule has 0 rings (SSSR count). The first kappa shape index (κ1) is 8.07. The van der Waals surface area contributed by atoms with Gasteiger partial charge in [0.05, 0.1) is 0 Å². The second-order valence-electron chi connectivity index (χ2n) is 0.645. The molecule has 0 saturated carbocycles. The van der Waals surface area contributed by atoms with Crippen LogP contribution in [-0.4, -0.2) is 25.4 Å². The summed E-state index contributed by atoms with van der Waals surface area (Å²) in [6, 6.07) is 0. The fourth-order valence-electron chi connectivity index (χ4n) is 0.102. The van der Waals surface area contributed by atoms with Crippen molar-refractivity contribution in [3.8, 4) is 0 Å². The van der Waals surface area contributed by atoms with Crippen LogP contribution in [0.4, 0.5) is 0 Å². The summed E-state index contributed by atoms with van der Waals surface area (Å²) in [6.07, 6.45) is 0. The molecule has 5 nitrogen and oxygen atoms in total. The second kappa shape index (κ2) is 5.21. The van der Waals surface area contributed by atoms with Gasteiger partial charge in [-0.05, 0) is 0 Å². The lowest BCUT2D eigenvalue weighted by atomic mass is 10.4. The molecule has 2 radical (unpaired) electrons. The monoisotopic (exact) mass is 135 g/mol. The molecule has 0 aromatic carbocycles. The minimum Gasteiger partial charge on any atom is -0.426 e. The molecule has 0 heterocycles. The summed E-state index contributed by atoms with van der Waals surface area (Å²) in [5.41, 5.74) is 0. The first-order chi connectivity index (χ1) is 3.81. The maximum atomic E-state index is 9.96. The fourth-order valence-corrected chi connectivity index (χ4v) is 0.305. The Kier molecular flexibility index (Phi) is 5.26. The van der Waals surface area contributed by atoms with Crippen molar-refractivity contribution in [3.63, 3.8) is 0 Å². The molecule has 0 aliphatic rings. The SMILES string of the molecule is O=[P+](O[B]O)O[B]O. The Labute approximate surface area is 48.2 Å². The van der Waals surface area contributed by atoms with Crippen LogP contribution >= 0.6 is 8.25 Å².